The molecule has 5 heteroatoms. The van der Waals surface area contributed by atoms with E-state index in [0.29, 0.717) is 24.1 Å². The van der Waals surface area contributed by atoms with Crippen LogP contribution in [0.5, 0.6) is 0 Å². The third-order valence-corrected chi connectivity index (χ3v) is 4.32. The van der Waals surface area contributed by atoms with E-state index in [9.17, 15) is 4.79 Å². The van der Waals surface area contributed by atoms with Gasteiger partial charge < -0.3 is 5.32 Å². The third-order valence-electron chi connectivity index (χ3n) is 4.32. The molecule has 20 heavy (non-hydrogen) atoms. The Balaban J connectivity index is 1.45. The van der Waals surface area contributed by atoms with Gasteiger partial charge in [0, 0.05) is 19.5 Å². The van der Waals surface area contributed by atoms with Crippen LogP contribution in [0.1, 0.15) is 40.0 Å². The first-order valence-corrected chi connectivity index (χ1v) is 7.05. The number of nitrogens with one attached hydrogen (secondary N) is 1. The summed E-state index contributed by atoms with van der Waals surface area (Å²) in [7, 11) is 0. The first-order chi connectivity index (χ1) is 9.81. The lowest BCUT2D eigenvalue weighted by atomic mass is 9.75. The van der Waals surface area contributed by atoms with Crippen LogP contribution in [0, 0.1) is 0 Å². The molecule has 1 aromatic heterocycles. The van der Waals surface area contributed by atoms with Gasteiger partial charge in [0.1, 0.15) is 5.69 Å². The highest BCUT2D eigenvalue weighted by Crippen LogP contribution is 2.37. The lowest BCUT2D eigenvalue weighted by molar-refractivity contribution is 0.0965. The predicted molar refractivity (Wildman–Crippen MR) is 73.8 cm³/mol. The van der Waals surface area contributed by atoms with Crippen molar-refractivity contribution in [1.29, 1.82) is 0 Å². The van der Waals surface area contributed by atoms with Crippen LogP contribution in [-0.2, 0) is 6.42 Å². The first-order valence-electron chi connectivity index (χ1n) is 7.05. The van der Waals surface area contributed by atoms with Crippen molar-refractivity contribution < 1.29 is 4.79 Å². The van der Waals surface area contributed by atoms with Crippen LogP contribution in [0.2, 0.25) is 0 Å². The van der Waals surface area contributed by atoms with Gasteiger partial charge in [-0.15, -0.1) is 5.10 Å². The topological polar surface area (TPSA) is 59.8 Å². The molecule has 1 aromatic carbocycles. The molecule has 2 aromatic rings. The fourth-order valence-corrected chi connectivity index (χ4v) is 2.92. The number of nitrogens with zero attached hydrogens (tertiary/aromatic N) is 3. The van der Waals surface area contributed by atoms with Crippen LogP contribution >= 0.6 is 0 Å². The zero-order chi connectivity index (χ0) is 13.5. The average molecular weight is 268 g/mol. The number of Topliss-reactive ketones (excluding diaryl/α,β-unsaturated/α-hetero) is 1. The lowest BCUT2D eigenvalue weighted by Gasteiger charge is -2.29. The minimum absolute atomic E-state index is 0.100. The second kappa shape index (κ2) is 4.52. The summed E-state index contributed by atoms with van der Waals surface area (Å²) in [6.45, 7) is 1.82. The minimum Gasteiger partial charge on any atom is -0.312 e. The second-order valence-corrected chi connectivity index (χ2v) is 5.62. The Morgan fingerprint density at radius 1 is 1.35 bits per heavy atom. The fourth-order valence-electron chi connectivity index (χ4n) is 2.92. The zero-order valence-corrected chi connectivity index (χ0v) is 11.1. The lowest BCUT2D eigenvalue weighted by Crippen LogP contribution is -2.43. The Morgan fingerprint density at radius 3 is 2.95 bits per heavy atom. The number of fused-ring (bicyclic) bond motifs is 1. The maximum atomic E-state index is 12.3. The fraction of sp³-hybridized carbons (Fsp3) is 0.400. The molecule has 0 radical (unpaired) electrons. The molecule has 1 aliphatic heterocycles. The molecule has 0 saturated carbocycles. The largest absolute Gasteiger partial charge is 0.312 e. The van der Waals surface area contributed by atoms with E-state index in [1.54, 1.807) is 10.9 Å². The van der Waals surface area contributed by atoms with Gasteiger partial charge in [-0.2, -0.15) is 0 Å². The van der Waals surface area contributed by atoms with E-state index in [-0.39, 0.29) is 5.78 Å². The third kappa shape index (κ3) is 1.86. The molecule has 1 saturated heterocycles. The molecule has 1 fully saturated rings. The highest BCUT2D eigenvalue weighted by molar-refractivity contribution is 5.94. The van der Waals surface area contributed by atoms with Gasteiger partial charge >= 0.3 is 0 Å². The quantitative estimate of drug-likeness (QED) is 0.850. The molecule has 2 aliphatic rings. The maximum absolute atomic E-state index is 12.3. The van der Waals surface area contributed by atoms with Crippen LogP contribution in [0.15, 0.2) is 30.5 Å². The molecule has 102 valence electrons. The van der Waals surface area contributed by atoms with Crippen molar-refractivity contribution >= 4 is 5.78 Å². The summed E-state index contributed by atoms with van der Waals surface area (Å²) in [6.07, 6.45) is 3.33. The number of aromatic nitrogens is 3. The van der Waals surface area contributed by atoms with E-state index in [1.807, 2.05) is 6.07 Å². The summed E-state index contributed by atoms with van der Waals surface area (Å²) in [6, 6.07) is 8.70. The number of rotatable bonds is 4. The Labute approximate surface area is 117 Å². The predicted octanol–water partition coefficient (Wildman–Crippen LogP) is 1.34. The van der Waals surface area contributed by atoms with Gasteiger partial charge in [0.15, 0.2) is 5.78 Å². The van der Waals surface area contributed by atoms with Gasteiger partial charge in [0.05, 0.1) is 12.2 Å². The van der Waals surface area contributed by atoms with Crippen molar-refractivity contribution in [3.63, 3.8) is 0 Å². The van der Waals surface area contributed by atoms with E-state index >= 15 is 0 Å². The highest BCUT2D eigenvalue weighted by Gasteiger charge is 2.29. The Hall–Kier alpha value is -2.01. The maximum Gasteiger partial charge on any atom is 0.185 e. The molecule has 5 nitrogen and oxygen atoms in total. The number of carbonyl (C=O) groups is 1. The van der Waals surface area contributed by atoms with Crippen molar-refractivity contribution in [3.05, 3.63) is 47.3 Å². The van der Waals surface area contributed by atoms with E-state index in [2.05, 4.69) is 33.8 Å². The van der Waals surface area contributed by atoms with Crippen LogP contribution in [-0.4, -0.2) is 33.9 Å². The average Bonchev–Trinajstić information content (AvgIpc) is 2.83. The molecule has 1 aliphatic carbocycles. The monoisotopic (exact) mass is 268 g/mol. The molecule has 1 N–H and O–H groups in total. The van der Waals surface area contributed by atoms with E-state index < -0.39 is 0 Å². The van der Waals surface area contributed by atoms with Gasteiger partial charge in [-0.05, 0) is 23.5 Å². The van der Waals surface area contributed by atoms with E-state index in [0.717, 1.165) is 19.5 Å². The van der Waals surface area contributed by atoms with Gasteiger partial charge in [-0.1, -0.05) is 29.5 Å². The van der Waals surface area contributed by atoms with Gasteiger partial charge in [0.25, 0.3) is 0 Å². The summed E-state index contributed by atoms with van der Waals surface area (Å²) >= 11 is 0. The Kier molecular flexibility index (Phi) is 2.67. The standard InChI is InChI=1S/C15H16N4O/c20-15(6-11-5-10-3-1-2-4-13(10)11)14-9-19(18-17-14)12-7-16-8-12/h1-4,9,11-12,16H,5-8H2. The van der Waals surface area contributed by atoms with E-state index in [1.165, 1.54) is 11.1 Å². The summed E-state index contributed by atoms with van der Waals surface area (Å²) in [5, 5.41) is 11.3. The molecular formula is C15H16N4O. The molecule has 1 atom stereocenters. The summed E-state index contributed by atoms with van der Waals surface area (Å²) < 4.78 is 1.80. The van der Waals surface area contributed by atoms with Crippen molar-refractivity contribution in [2.75, 3.05) is 13.1 Å². The summed E-state index contributed by atoms with van der Waals surface area (Å²) in [5.74, 6) is 0.456. The number of carbonyl (C=O) groups excluding carboxylic acids is 1. The van der Waals surface area contributed by atoms with Crippen molar-refractivity contribution in [3.8, 4) is 0 Å². The normalized spacial score (nSPS) is 20.9. The summed E-state index contributed by atoms with van der Waals surface area (Å²) in [4.78, 5) is 12.3. The van der Waals surface area contributed by atoms with Crippen molar-refractivity contribution in [2.45, 2.75) is 24.8 Å². The van der Waals surface area contributed by atoms with Crippen LogP contribution in [0.25, 0.3) is 0 Å². The number of benzene rings is 1. The molecule has 4 rings (SSSR count). The van der Waals surface area contributed by atoms with Crippen LogP contribution in [0.3, 0.4) is 0 Å². The zero-order valence-electron chi connectivity index (χ0n) is 11.1. The molecule has 0 amide bonds. The van der Waals surface area contributed by atoms with Crippen molar-refractivity contribution in [2.24, 2.45) is 0 Å². The van der Waals surface area contributed by atoms with Crippen LogP contribution in [0.4, 0.5) is 0 Å². The Bertz CT molecular complexity index is 659. The second-order valence-electron chi connectivity index (χ2n) is 5.62. The van der Waals surface area contributed by atoms with Crippen LogP contribution < -0.4 is 5.32 Å². The molecule has 0 bridgehead atoms. The number of hydrogen-bond acceptors (Lipinski definition) is 4. The highest BCUT2D eigenvalue weighted by atomic mass is 16.1. The number of hydrogen-bond donors (Lipinski definition) is 1. The number of ketones is 1. The molecule has 1 unspecified atom stereocenters. The van der Waals surface area contributed by atoms with Gasteiger partial charge in [-0.25, -0.2) is 4.68 Å². The Morgan fingerprint density at radius 2 is 2.20 bits per heavy atom. The minimum atomic E-state index is 0.100. The van der Waals surface area contributed by atoms with Gasteiger partial charge in [0.2, 0.25) is 0 Å². The summed E-state index contributed by atoms with van der Waals surface area (Å²) in [5.41, 5.74) is 3.19. The van der Waals surface area contributed by atoms with E-state index in [4.69, 9.17) is 0 Å². The smallest absolute Gasteiger partial charge is 0.185 e. The SMILES string of the molecule is O=C(CC1Cc2ccccc21)c1cn(C2CNC2)nn1. The molecule has 0 spiro atoms. The first kappa shape index (κ1) is 11.8. The van der Waals surface area contributed by atoms with Gasteiger partial charge in [-0.3, -0.25) is 4.79 Å². The van der Waals surface area contributed by atoms with Crippen molar-refractivity contribution in [1.82, 2.24) is 20.3 Å². The molecular weight excluding hydrogens is 252 g/mol. The molecule has 2 heterocycles.